The van der Waals surface area contributed by atoms with Crippen molar-refractivity contribution in [1.29, 1.82) is 0 Å². The maximum absolute atomic E-state index is 15.8. The molecule has 2 aromatic carbocycles. The number of fused-ring (bicyclic) bond motifs is 2. The van der Waals surface area contributed by atoms with Crippen LogP contribution in [0.5, 0.6) is 0 Å². The molecule has 0 bridgehead atoms. The minimum absolute atomic E-state index is 0. The van der Waals surface area contributed by atoms with Gasteiger partial charge in [-0.2, -0.15) is 38.3 Å². The average molecular weight is 1340 g/mol. The molecule has 0 saturated carbocycles. The molecule has 27 heteroatoms. The number of benzene rings is 3. The van der Waals surface area contributed by atoms with E-state index in [1.807, 2.05) is 41.3 Å². The zero-order valence-corrected chi connectivity index (χ0v) is 61.4. The van der Waals surface area contributed by atoms with E-state index in [1.54, 1.807) is 4.90 Å². The Morgan fingerprint density at radius 1 is 0.581 bits per heavy atom. The third-order valence-corrected chi connectivity index (χ3v) is 18.5. The zero-order chi connectivity index (χ0) is 60.1. The second kappa shape index (κ2) is 38.3. The minimum atomic E-state index is -5.34. The van der Waals surface area contributed by atoms with Crippen LogP contribution in [0.15, 0.2) is 68.8 Å². The molecule has 1 fully saturated rings. The van der Waals surface area contributed by atoms with Crippen LogP contribution in [0.25, 0.3) is 33.4 Å². The van der Waals surface area contributed by atoms with Gasteiger partial charge in [-0.1, -0.05) is 103 Å². The van der Waals surface area contributed by atoms with Crippen molar-refractivity contribution in [3.63, 3.8) is 0 Å². The van der Waals surface area contributed by atoms with Crippen LogP contribution in [0.3, 0.4) is 0 Å². The van der Waals surface area contributed by atoms with Crippen LogP contribution in [0.2, 0.25) is 15.9 Å². The number of rotatable bonds is 27. The topological polar surface area (TPSA) is 223 Å². The van der Waals surface area contributed by atoms with Crippen LogP contribution in [0.4, 0.5) is 23.5 Å². The molecule has 20 nitrogen and oxygen atoms in total. The maximum Gasteiger partial charge on any atom is 1.00 e. The molecule has 460 valence electrons. The van der Waals surface area contributed by atoms with E-state index in [9.17, 15) is 13.0 Å². The summed E-state index contributed by atoms with van der Waals surface area (Å²) in [6, 6.07) is 15.5. The van der Waals surface area contributed by atoms with Gasteiger partial charge in [0.1, 0.15) is 34.2 Å². The first kappa shape index (κ1) is 75.0. The van der Waals surface area contributed by atoms with Crippen LogP contribution in [-0.4, -0.2) is 150 Å². The fraction of sp³-hybridized carbons (Fsp3) is 0.576. The Morgan fingerprint density at radius 3 is 1.62 bits per heavy atom. The standard InChI is InChI=1S/C59H82Cl3N11O9S2.2K/c1-6-11-12-13-14-15-16-17-18-19-20-21-22-23-31-73(59-67-56(62)66-58(68-59)72-33-37-79-36-32-71(34-38-80-40-41-81-39-35-72)57-64-54(60)63-55(61)65-57)83(74,75)51-26-24-25-48(53(51)84(76,77)78)52-46-29-27-44(69(7-2)8-3)42-49(46)82-50-43-45(28-30-47(50)52)70(9-4)10-5;;/h24-30,42-43H,6-23,31-41H2,1-5H3;;/q;2*+1/p+1. The fourth-order valence-corrected chi connectivity index (χ4v) is 14.0. The molecule has 0 spiro atoms. The van der Waals surface area contributed by atoms with Gasteiger partial charge in [0.25, 0.3) is 20.1 Å². The molecular weight excluding hydrogens is 1260 g/mol. The van der Waals surface area contributed by atoms with Crippen molar-refractivity contribution in [3.05, 3.63) is 75.8 Å². The normalized spacial score (nSPS) is 14.1. The number of hydrogen-bond donors (Lipinski definition) is 1. The average Bonchev–Trinajstić information content (AvgIpc) is 0.755. The second-order valence-electron chi connectivity index (χ2n) is 20.7. The number of ether oxygens (including phenoxy) is 3. The third-order valence-electron chi connectivity index (χ3n) is 15.1. The number of aromatic nitrogens is 6. The van der Waals surface area contributed by atoms with E-state index in [2.05, 4.69) is 69.0 Å². The Kier molecular flexibility index (Phi) is 33.4. The van der Waals surface area contributed by atoms with Crippen molar-refractivity contribution in [1.82, 2.24) is 34.5 Å². The molecule has 7 rings (SSSR count). The summed E-state index contributed by atoms with van der Waals surface area (Å²) >= 11 is 19.0. The van der Waals surface area contributed by atoms with Crippen LogP contribution < -0.4 is 132 Å². The van der Waals surface area contributed by atoms with Crippen molar-refractivity contribution in [2.45, 2.75) is 134 Å². The monoisotopic (exact) mass is 1340 g/mol. The minimum Gasteiger partial charge on any atom is -0.456 e. The van der Waals surface area contributed by atoms with Crippen molar-refractivity contribution < 1.29 is 143 Å². The number of unbranched alkanes of at least 4 members (excludes halogenated alkanes) is 13. The molecular formula is C59H83Cl3K2N11O9S2+3. The fourth-order valence-electron chi connectivity index (χ4n) is 10.6. The summed E-state index contributed by atoms with van der Waals surface area (Å²) in [5.41, 5.74) is 2.14. The molecule has 4 heterocycles. The number of nitrogens with zero attached hydrogens (tertiary/aromatic N) is 11. The molecule has 0 atom stereocenters. The molecule has 0 unspecified atom stereocenters. The summed E-state index contributed by atoms with van der Waals surface area (Å²) in [6.07, 6.45) is 15.1. The first-order chi connectivity index (χ1) is 40.6. The first-order valence-electron chi connectivity index (χ1n) is 29.8. The zero-order valence-electron chi connectivity index (χ0n) is 51.3. The van der Waals surface area contributed by atoms with Crippen LogP contribution in [-0.2, 0) is 34.4 Å². The number of sulfonamides is 1. The van der Waals surface area contributed by atoms with Gasteiger partial charge in [-0.3, -0.25) is 4.55 Å². The molecule has 0 radical (unpaired) electrons. The van der Waals surface area contributed by atoms with E-state index in [1.165, 1.54) is 69.6 Å². The van der Waals surface area contributed by atoms with Gasteiger partial charge >= 0.3 is 103 Å². The second-order valence-corrected chi connectivity index (χ2v) is 24.9. The summed E-state index contributed by atoms with van der Waals surface area (Å²) in [5.74, 6) is 0.380. The Morgan fingerprint density at radius 2 is 1.09 bits per heavy atom. The molecule has 4 aromatic rings. The molecule has 1 saturated heterocycles. The van der Waals surface area contributed by atoms with Crippen molar-refractivity contribution in [3.8, 4) is 22.5 Å². The maximum atomic E-state index is 15.8. The van der Waals surface area contributed by atoms with Gasteiger partial charge in [0.2, 0.25) is 39.1 Å². The van der Waals surface area contributed by atoms with Crippen molar-refractivity contribution in [2.75, 3.05) is 118 Å². The van der Waals surface area contributed by atoms with E-state index in [4.69, 9.17) is 58.4 Å². The molecule has 86 heavy (non-hydrogen) atoms. The summed E-state index contributed by atoms with van der Waals surface area (Å²) in [7, 11) is -10.3. The summed E-state index contributed by atoms with van der Waals surface area (Å²) in [4.78, 5) is 30.3. The Hall–Kier alpha value is -1.77. The molecule has 3 aliphatic rings. The largest absolute Gasteiger partial charge is 1.00 e. The SMILES string of the molecule is CCCCCCCCCCCCCCCCN(c1nc(Cl)nc(N2CCOCCOCCN(c3nc(Cl)nc(Cl)n3)CCOCC2)n1)S(=O)(=O)c1cccc(-c2c3ccc(=[N+](CC)CC)cc-3oc3cc(N(CC)CC)ccc23)c1S(=O)(=O)O.[K+].[K+]. The summed E-state index contributed by atoms with van der Waals surface area (Å²) < 4.78 is 99.4. The van der Waals surface area contributed by atoms with E-state index < -0.39 is 29.9 Å². The van der Waals surface area contributed by atoms with Crippen molar-refractivity contribution in [2.24, 2.45) is 0 Å². The van der Waals surface area contributed by atoms with Gasteiger partial charge in [0, 0.05) is 85.7 Å². The van der Waals surface area contributed by atoms with Crippen LogP contribution >= 0.6 is 34.8 Å². The molecule has 2 aromatic heterocycles. The predicted octanol–water partition coefficient (Wildman–Crippen LogP) is 5.50. The Balaban J connectivity index is 0.00000675. The first-order valence-corrected chi connectivity index (χ1v) is 33.8. The number of halogens is 3. The van der Waals surface area contributed by atoms with E-state index in [-0.39, 0.29) is 195 Å². The molecule has 2 aliphatic heterocycles. The smallest absolute Gasteiger partial charge is 0.456 e. The van der Waals surface area contributed by atoms with E-state index in [0.29, 0.717) is 60.4 Å². The summed E-state index contributed by atoms with van der Waals surface area (Å²) in [5, 5.41) is 0.967. The van der Waals surface area contributed by atoms with Crippen molar-refractivity contribution >= 4 is 89.4 Å². The summed E-state index contributed by atoms with van der Waals surface area (Å²) in [6.45, 7) is 15.8. The van der Waals surface area contributed by atoms with Gasteiger partial charge < -0.3 is 33.3 Å². The number of hydrogen-bond acceptors (Lipinski definition) is 17. The Bertz CT molecular complexity index is 3330. The quantitative estimate of drug-likeness (QED) is 0.0221. The molecule has 0 amide bonds. The van der Waals surface area contributed by atoms with Crippen LogP contribution in [0.1, 0.15) is 125 Å². The van der Waals surface area contributed by atoms with Gasteiger partial charge in [0.15, 0.2) is 0 Å². The number of anilines is 4. The van der Waals surface area contributed by atoms with Crippen LogP contribution in [0, 0.1) is 0 Å². The molecule has 1 aliphatic carbocycles. The van der Waals surface area contributed by atoms with E-state index >= 15 is 8.42 Å². The van der Waals surface area contributed by atoms with Gasteiger partial charge in [-0.25, -0.2) is 17.3 Å². The third kappa shape index (κ3) is 21.4. The Labute approximate surface area is 608 Å². The van der Waals surface area contributed by atoms with Gasteiger partial charge in [-0.15, -0.1) is 0 Å². The van der Waals surface area contributed by atoms with E-state index in [0.717, 1.165) is 67.2 Å². The van der Waals surface area contributed by atoms with Gasteiger partial charge in [-0.05, 0) is 93.2 Å². The predicted molar refractivity (Wildman–Crippen MR) is 334 cm³/mol. The molecule has 1 N–H and O–H groups in total. The van der Waals surface area contributed by atoms with Gasteiger partial charge in [0.05, 0.1) is 45.7 Å².